The minimum absolute atomic E-state index is 0.00601. The highest BCUT2D eigenvalue weighted by atomic mass is 19.1. The van der Waals surface area contributed by atoms with Gasteiger partial charge in [-0.3, -0.25) is 14.7 Å². The zero-order valence-corrected chi connectivity index (χ0v) is 24.7. The molecule has 4 aliphatic rings. The molecule has 3 atom stereocenters. The summed E-state index contributed by atoms with van der Waals surface area (Å²) in [5.41, 5.74) is 1.00. The van der Waals surface area contributed by atoms with Crippen LogP contribution in [0.5, 0.6) is 0 Å². The number of alkyl halides is 1. The van der Waals surface area contributed by atoms with E-state index in [1.54, 1.807) is 12.3 Å². The van der Waals surface area contributed by atoms with Crippen LogP contribution in [-0.4, -0.2) is 80.3 Å². The number of halogens is 2. The number of carbonyl (C=O) groups excluding carboxylic acids is 1. The van der Waals surface area contributed by atoms with Gasteiger partial charge in [0.25, 0.3) is 0 Å². The molecule has 3 unspecified atom stereocenters. The van der Waals surface area contributed by atoms with Gasteiger partial charge >= 0.3 is 6.02 Å². The lowest BCUT2D eigenvalue weighted by molar-refractivity contribution is -0.119. The highest BCUT2D eigenvalue weighted by molar-refractivity contribution is 5.87. The molecule has 2 aromatic carbocycles. The van der Waals surface area contributed by atoms with E-state index < -0.39 is 12.2 Å². The normalized spacial score (nSPS) is 28.2. The van der Waals surface area contributed by atoms with Crippen LogP contribution in [-0.2, 0) is 16.0 Å². The van der Waals surface area contributed by atoms with Crippen molar-refractivity contribution in [2.75, 3.05) is 32.8 Å². The second kappa shape index (κ2) is 12.1. The number of aliphatic imine (C=N–C) groups is 3. The number of benzene rings is 2. The molecule has 8 nitrogen and oxygen atoms in total. The lowest BCUT2D eigenvalue weighted by atomic mass is 9.89. The van der Waals surface area contributed by atoms with Crippen molar-refractivity contribution in [3.63, 3.8) is 0 Å². The van der Waals surface area contributed by atoms with Gasteiger partial charge in [0, 0.05) is 48.5 Å². The van der Waals surface area contributed by atoms with Gasteiger partial charge in [-0.05, 0) is 68.9 Å². The Balaban J connectivity index is 1.25. The van der Waals surface area contributed by atoms with E-state index in [0.717, 1.165) is 49.7 Å². The van der Waals surface area contributed by atoms with Gasteiger partial charge in [0.1, 0.15) is 24.4 Å². The van der Waals surface area contributed by atoms with E-state index in [-0.39, 0.29) is 41.5 Å². The SMILES string of the molecule is C=NC(=N/C(NCC1(C)CNC(=O)C1)=C1/C=NC(Cc2cccc3cccc(F)c23)C(F)C1)OCC12CCCN1CCC2. The van der Waals surface area contributed by atoms with E-state index in [9.17, 15) is 9.18 Å². The first kappa shape index (κ1) is 29.4. The van der Waals surface area contributed by atoms with Crippen LogP contribution in [0.2, 0.25) is 0 Å². The number of hydrogen-bond donors (Lipinski definition) is 2. The maximum Gasteiger partial charge on any atom is 0.317 e. The molecule has 0 radical (unpaired) electrons. The summed E-state index contributed by atoms with van der Waals surface area (Å²) in [6.07, 6.45) is 5.57. The fourth-order valence-electron chi connectivity index (χ4n) is 7.12. The third kappa shape index (κ3) is 6.20. The summed E-state index contributed by atoms with van der Waals surface area (Å²) in [4.78, 5) is 27.8. The first-order chi connectivity index (χ1) is 20.8. The number of allylic oxidation sites excluding steroid dienone is 1. The van der Waals surface area contributed by atoms with Crippen LogP contribution in [0.15, 0.2) is 62.8 Å². The number of ether oxygens (including phenoxy) is 1. The Kier molecular flexibility index (Phi) is 8.31. The number of amides is 1. The summed E-state index contributed by atoms with van der Waals surface area (Å²) in [6.45, 7) is 9.34. The molecule has 0 aliphatic carbocycles. The molecule has 2 aromatic rings. The average molecular weight is 591 g/mol. The first-order valence-electron chi connectivity index (χ1n) is 15.3. The molecule has 3 saturated heterocycles. The van der Waals surface area contributed by atoms with E-state index >= 15 is 4.39 Å². The number of carbonyl (C=O) groups is 1. The molecular weight excluding hydrogens is 550 g/mol. The maximum absolute atomic E-state index is 15.8. The number of amidine groups is 1. The summed E-state index contributed by atoms with van der Waals surface area (Å²) < 4.78 is 36.6. The number of nitrogens with zero attached hydrogens (tertiary/aromatic N) is 4. The number of fused-ring (bicyclic) bond motifs is 2. The number of rotatable bonds is 8. The molecule has 0 aromatic heterocycles. The van der Waals surface area contributed by atoms with Crippen LogP contribution >= 0.6 is 0 Å². The van der Waals surface area contributed by atoms with Crippen molar-refractivity contribution in [3.05, 3.63) is 59.2 Å². The van der Waals surface area contributed by atoms with Crippen LogP contribution < -0.4 is 10.6 Å². The number of nitrogens with one attached hydrogen (secondary N) is 2. The van der Waals surface area contributed by atoms with E-state index in [0.29, 0.717) is 42.9 Å². The van der Waals surface area contributed by atoms with E-state index in [2.05, 4.69) is 32.2 Å². The van der Waals surface area contributed by atoms with Crippen LogP contribution in [0.1, 0.15) is 51.0 Å². The van der Waals surface area contributed by atoms with Crippen molar-refractivity contribution in [2.24, 2.45) is 20.4 Å². The van der Waals surface area contributed by atoms with Crippen molar-refractivity contribution >= 4 is 35.6 Å². The molecule has 10 heteroatoms. The Morgan fingerprint density at radius 3 is 2.70 bits per heavy atom. The van der Waals surface area contributed by atoms with E-state index in [1.165, 1.54) is 6.07 Å². The highest BCUT2D eigenvalue weighted by Crippen LogP contribution is 2.39. The van der Waals surface area contributed by atoms with Gasteiger partial charge in [0.2, 0.25) is 5.91 Å². The van der Waals surface area contributed by atoms with Gasteiger partial charge in [-0.1, -0.05) is 37.3 Å². The summed E-state index contributed by atoms with van der Waals surface area (Å²) in [7, 11) is 0. The second-order valence-electron chi connectivity index (χ2n) is 12.8. The molecule has 228 valence electrons. The van der Waals surface area contributed by atoms with Gasteiger partial charge < -0.3 is 15.4 Å². The molecule has 2 N–H and O–H groups in total. The molecule has 1 amide bonds. The first-order valence-corrected chi connectivity index (χ1v) is 15.3. The third-order valence-corrected chi connectivity index (χ3v) is 9.53. The quantitative estimate of drug-likeness (QED) is 0.344. The fraction of sp³-hybridized carbons (Fsp3) is 0.515. The monoisotopic (exact) mass is 590 g/mol. The van der Waals surface area contributed by atoms with Crippen LogP contribution in [0.3, 0.4) is 0 Å². The van der Waals surface area contributed by atoms with E-state index in [1.807, 2.05) is 31.2 Å². The van der Waals surface area contributed by atoms with E-state index in [4.69, 9.17) is 9.73 Å². The fourth-order valence-corrected chi connectivity index (χ4v) is 7.12. The lowest BCUT2D eigenvalue weighted by Crippen LogP contribution is -2.43. The maximum atomic E-state index is 15.8. The molecule has 0 saturated carbocycles. The van der Waals surface area contributed by atoms with Gasteiger partial charge in [-0.2, -0.15) is 4.99 Å². The largest absolute Gasteiger partial charge is 0.461 e. The van der Waals surface area contributed by atoms with Gasteiger partial charge in [-0.25, -0.2) is 13.8 Å². The Morgan fingerprint density at radius 1 is 1.23 bits per heavy atom. The third-order valence-electron chi connectivity index (χ3n) is 9.53. The average Bonchev–Trinajstić information content (AvgIpc) is 3.68. The predicted octanol–water partition coefficient (Wildman–Crippen LogP) is 4.73. The summed E-state index contributed by atoms with van der Waals surface area (Å²) in [5.74, 6) is 0.100. The molecule has 0 bridgehead atoms. The molecule has 6 rings (SSSR count). The van der Waals surface area contributed by atoms with Gasteiger partial charge in [0.15, 0.2) is 0 Å². The van der Waals surface area contributed by atoms with Crippen molar-refractivity contribution in [3.8, 4) is 0 Å². The smallest absolute Gasteiger partial charge is 0.317 e. The Morgan fingerprint density at radius 2 is 2.00 bits per heavy atom. The highest BCUT2D eigenvalue weighted by Gasteiger charge is 2.45. The molecule has 4 heterocycles. The number of hydrogen-bond acceptors (Lipinski definition) is 6. The van der Waals surface area contributed by atoms with Crippen molar-refractivity contribution in [2.45, 2.75) is 69.6 Å². The van der Waals surface area contributed by atoms with Crippen LogP contribution in [0.25, 0.3) is 10.8 Å². The molecule has 3 fully saturated rings. The second-order valence-corrected chi connectivity index (χ2v) is 12.8. The Hall–Kier alpha value is -3.66. The lowest BCUT2D eigenvalue weighted by Gasteiger charge is -2.31. The topological polar surface area (TPSA) is 90.7 Å². The van der Waals surface area contributed by atoms with Crippen LogP contribution in [0, 0.1) is 11.2 Å². The minimum atomic E-state index is -1.30. The van der Waals surface area contributed by atoms with Gasteiger partial charge in [0.05, 0.1) is 11.6 Å². The zero-order valence-electron chi connectivity index (χ0n) is 24.7. The van der Waals surface area contributed by atoms with Crippen molar-refractivity contribution in [1.82, 2.24) is 15.5 Å². The summed E-state index contributed by atoms with van der Waals surface area (Å²) >= 11 is 0. The van der Waals surface area contributed by atoms with Crippen LogP contribution in [0.4, 0.5) is 8.78 Å². The Bertz CT molecular complexity index is 1470. The predicted molar refractivity (Wildman–Crippen MR) is 166 cm³/mol. The molecular formula is C33H40F2N6O2. The summed E-state index contributed by atoms with van der Waals surface area (Å²) in [5, 5.41) is 7.54. The van der Waals surface area contributed by atoms with Crippen molar-refractivity contribution in [1.29, 1.82) is 0 Å². The molecule has 0 spiro atoms. The Labute approximate surface area is 251 Å². The zero-order chi connectivity index (χ0) is 30.0. The standard InChI is InChI=1S/C33H40F2N6O2/c1-32(17-28(42)38-19-32)20-39-30(40-31(36-2)43-21-33-11-5-13-41(33)14-6-12-33)24-15-26(35)27(37-18-24)16-23-9-3-7-22-8-4-10-25(34)29(22)23/h3-4,7-10,18,26-27,39H,2,5-6,11-17,19-21H2,1H3,(H,38,42)/b30-24+,40-31?. The van der Waals surface area contributed by atoms with Crippen molar-refractivity contribution < 1.29 is 18.3 Å². The van der Waals surface area contributed by atoms with Gasteiger partial charge in [-0.15, -0.1) is 0 Å². The molecule has 4 aliphatic heterocycles. The molecule has 43 heavy (non-hydrogen) atoms. The minimum Gasteiger partial charge on any atom is -0.461 e. The summed E-state index contributed by atoms with van der Waals surface area (Å²) in [6, 6.07) is 9.99.